The molecule has 0 radical (unpaired) electrons. The number of anilines is 2. The monoisotopic (exact) mass is 272 g/mol. The molecule has 1 aromatic carbocycles. The molecule has 1 aliphatic heterocycles. The molecule has 6 heteroatoms. The van der Waals surface area contributed by atoms with Crippen molar-refractivity contribution >= 4 is 11.8 Å². The minimum atomic E-state index is 0.259. The zero-order valence-electron chi connectivity index (χ0n) is 11.4. The molecule has 6 nitrogen and oxygen atoms in total. The SMILES string of the molecule is COc1cc(OC)cc(-c2nc(N)nc3c2CCN3)c1. The first-order valence-electron chi connectivity index (χ1n) is 6.35. The van der Waals surface area contributed by atoms with Gasteiger partial charge in [-0.3, -0.25) is 0 Å². The van der Waals surface area contributed by atoms with E-state index in [9.17, 15) is 0 Å². The number of methoxy groups -OCH3 is 2. The Kier molecular flexibility index (Phi) is 3.06. The van der Waals surface area contributed by atoms with Gasteiger partial charge in [0.15, 0.2) is 0 Å². The molecule has 20 heavy (non-hydrogen) atoms. The van der Waals surface area contributed by atoms with Crippen molar-refractivity contribution in [1.82, 2.24) is 9.97 Å². The molecular weight excluding hydrogens is 256 g/mol. The largest absolute Gasteiger partial charge is 0.497 e. The summed E-state index contributed by atoms with van der Waals surface area (Å²) in [6, 6.07) is 5.66. The van der Waals surface area contributed by atoms with E-state index in [2.05, 4.69) is 15.3 Å². The predicted molar refractivity (Wildman–Crippen MR) is 77.2 cm³/mol. The molecule has 2 heterocycles. The predicted octanol–water partition coefficient (Wildman–Crippen LogP) is 1.71. The molecule has 0 amide bonds. The van der Waals surface area contributed by atoms with Crippen LogP contribution in [0.15, 0.2) is 18.2 Å². The van der Waals surface area contributed by atoms with Crippen LogP contribution in [0.3, 0.4) is 0 Å². The number of nitrogen functional groups attached to an aromatic ring is 1. The molecule has 0 spiro atoms. The van der Waals surface area contributed by atoms with E-state index >= 15 is 0 Å². The molecule has 2 aromatic rings. The normalized spacial score (nSPS) is 12.7. The molecule has 3 rings (SSSR count). The molecule has 0 atom stereocenters. The maximum Gasteiger partial charge on any atom is 0.222 e. The number of rotatable bonds is 3. The van der Waals surface area contributed by atoms with Gasteiger partial charge in [-0.1, -0.05) is 0 Å². The third-order valence-corrected chi connectivity index (χ3v) is 3.32. The molecule has 0 bridgehead atoms. The van der Waals surface area contributed by atoms with Crippen LogP contribution in [0.25, 0.3) is 11.3 Å². The van der Waals surface area contributed by atoms with Gasteiger partial charge in [0.25, 0.3) is 0 Å². The van der Waals surface area contributed by atoms with Crippen molar-refractivity contribution in [3.63, 3.8) is 0 Å². The van der Waals surface area contributed by atoms with Crippen LogP contribution >= 0.6 is 0 Å². The number of nitrogens with zero attached hydrogens (tertiary/aromatic N) is 2. The Balaban J connectivity index is 2.18. The van der Waals surface area contributed by atoms with E-state index in [1.807, 2.05) is 18.2 Å². The van der Waals surface area contributed by atoms with Gasteiger partial charge in [-0.05, 0) is 18.6 Å². The van der Waals surface area contributed by atoms with Gasteiger partial charge in [0.2, 0.25) is 5.95 Å². The van der Waals surface area contributed by atoms with Crippen LogP contribution in [-0.4, -0.2) is 30.7 Å². The van der Waals surface area contributed by atoms with E-state index in [0.717, 1.165) is 47.1 Å². The van der Waals surface area contributed by atoms with Gasteiger partial charge >= 0.3 is 0 Å². The minimum absolute atomic E-state index is 0.259. The van der Waals surface area contributed by atoms with Crippen LogP contribution in [0.5, 0.6) is 11.5 Å². The van der Waals surface area contributed by atoms with Gasteiger partial charge < -0.3 is 20.5 Å². The quantitative estimate of drug-likeness (QED) is 0.885. The topological polar surface area (TPSA) is 82.3 Å². The van der Waals surface area contributed by atoms with Gasteiger partial charge in [-0.15, -0.1) is 0 Å². The molecule has 0 saturated heterocycles. The Labute approximate surface area is 116 Å². The van der Waals surface area contributed by atoms with Gasteiger partial charge in [-0.25, -0.2) is 4.98 Å². The summed E-state index contributed by atoms with van der Waals surface area (Å²) < 4.78 is 10.6. The van der Waals surface area contributed by atoms with Gasteiger partial charge in [0.05, 0.1) is 19.9 Å². The lowest BCUT2D eigenvalue weighted by atomic mass is 10.0. The minimum Gasteiger partial charge on any atom is -0.497 e. The maximum absolute atomic E-state index is 5.79. The van der Waals surface area contributed by atoms with Crippen LogP contribution in [0.1, 0.15) is 5.56 Å². The number of aromatic nitrogens is 2. The summed E-state index contributed by atoms with van der Waals surface area (Å²) >= 11 is 0. The van der Waals surface area contributed by atoms with E-state index in [4.69, 9.17) is 15.2 Å². The van der Waals surface area contributed by atoms with Crippen molar-refractivity contribution < 1.29 is 9.47 Å². The Morgan fingerprint density at radius 3 is 2.45 bits per heavy atom. The van der Waals surface area contributed by atoms with Crippen LogP contribution in [0.2, 0.25) is 0 Å². The highest BCUT2D eigenvalue weighted by atomic mass is 16.5. The fourth-order valence-corrected chi connectivity index (χ4v) is 2.37. The summed E-state index contributed by atoms with van der Waals surface area (Å²) in [7, 11) is 3.25. The number of hydrogen-bond acceptors (Lipinski definition) is 6. The van der Waals surface area contributed by atoms with Crippen molar-refractivity contribution in [2.24, 2.45) is 0 Å². The molecule has 3 N–H and O–H groups in total. The summed E-state index contributed by atoms with van der Waals surface area (Å²) in [5.74, 6) is 2.51. The van der Waals surface area contributed by atoms with E-state index in [0.29, 0.717) is 0 Å². The first-order chi connectivity index (χ1) is 9.71. The fourth-order valence-electron chi connectivity index (χ4n) is 2.37. The highest BCUT2D eigenvalue weighted by Gasteiger charge is 2.20. The zero-order chi connectivity index (χ0) is 14.1. The highest BCUT2D eigenvalue weighted by molar-refractivity contribution is 5.73. The second-order valence-electron chi connectivity index (χ2n) is 4.54. The summed E-state index contributed by atoms with van der Waals surface area (Å²) in [6.45, 7) is 0.849. The number of nitrogens with one attached hydrogen (secondary N) is 1. The van der Waals surface area contributed by atoms with Crippen LogP contribution in [0.4, 0.5) is 11.8 Å². The average Bonchev–Trinajstić information content (AvgIpc) is 2.93. The van der Waals surface area contributed by atoms with Crippen LogP contribution in [0, 0.1) is 0 Å². The maximum atomic E-state index is 5.79. The van der Waals surface area contributed by atoms with Crippen molar-refractivity contribution in [1.29, 1.82) is 0 Å². The molecule has 1 aromatic heterocycles. The Hall–Kier alpha value is -2.50. The third-order valence-electron chi connectivity index (χ3n) is 3.32. The fraction of sp³-hybridized carbons (Fsp3) is 0.286. The van der Waals surface area contributed by atoms with E-state index in [-0.39, 0.29) is 5.95 Å². The van der Waals surface area contributed by atoms with Crippen LogP contribution in [-0.2, 0) is 6.42 Å². The Morgan fingerprint density at radius 1 is 1.10 bits per heavy atom. The third kappa shape index (κ3) is 2.09. The van der Waals surface area contributed by atoms with Crippen molar-refractivity contribution in [2.75, 3.05) is 31.8 Å². The molecule has 0 unspecified atom stereocenters. The zero-order valence-corrected chi connectivity index (χ0v) is 11.4. The molecule has 1 aliphatic rings. The van der Waals surface area contributed by atoms with E-state index in [1.54, 1.807) is 14.2 Å². The van der Waals surface area contributed by atoms with E-state index in [1.165, 1.54) is 0 Å². The molecule has 104 valence electrons. The number of benzene rings is 1. The van der Waals surface area contributed by atoms with Crippen molar-refractivity contribution in [2.45, 2.75) is 6.42 Å². The second kappa shape index (κ2) is 4.88. The number of nitrogens with two attached hydrogens (primary N) is 1. The number of fused-ring (bicyclic) bond motifs is 1. The molecule has 0 fully saturated rings. The lowest BCUT2D eigenvalue weighted by molar-refractivity contribution is 0.394. The summed E-state index contributed by atoms with van der Waals surface area (Å²) in [6.07, 6.45) is 0.879. The van der Waals surface area contributed by atoms with Gasteiger partial charge in [0.1, 0.15) is 17.3 Å². The van der Waals surface area contributed by atoms with Gasteiger partial charge in [-0.2, -0.15) is 4.98 Å². The second-order valence-corrected chi connectivity index (χ2v) is 4.54. The smallest absolute Gasteiger partial charge is 0.222 e. The number of hydrogen-bond donors (Lipinski definition) is 2. The Bertz CT molecular complexity index is 636. The lowest BCUT2D eigenvalue weighted by Crippen LogP contribution is -2.01. The first kappa shape index (κ1) is 12.5. The highest BCUT2D eigenvalue weighted by Crippen LogP contribution is 2.34. The van der Waals surface area contributed by atoms with E-state index < -0.39 is 0 Å². The molecular formula is C14H16N4O2. The standard InChI is InChI=1S/C14H16N4O2/c1-19-9-5-8(6-10(7-9)20-2)12-11-3-4-16-13(11)18-14(15)17-12/h5-7H,3-4H2,1-2H3,(H3,15,16,17,18). The number of ether oxygens (including phenoxy) is 2. The average molecular weight is 272 g/mol. The Morgan fingerprint density at radius 2 is 1.80 bits per heavy atom. The van der Waals surface area contributed by atoms with Crippen LogP contribution < -0.4 is 20.5 Å². The van der Waals surface area contributed by atoms with Crippen molar-refractivity contribution in [3.8, 4) is 22.8 Å². The first-order valence-corrected chi connectivity index (χ1v) is 6.35. The molecule has 0 aliphatic carbocycles. The van der Waals surface area contributed by atoms with Crippen molar-refractivity contribution in [3.05, 3.63) is 23.8 Å². The summed E-state index contributed by atoms with van der Waals surface area (Å²) in [4.78, 5) is 8.60. The molecule has 0 saturated carbocycles. The summed E-state index contributed by atoms with van der Waals surface area (Å²) in [5, 5.41) is 3.21. The lowest BCUT2D eigenvalue weighted by Gasteiger charge is -2.11. The summed E-state index contributed by atoms with van der Waals surface area (Å²) in [5.41, 5.74) is 8.60. The van der Waals surface area contributed by atoms with Gasteiger partial charge in [0, 0.05) is 23.7 Å².